The number of halogens is 1. The summed E-state index contributed by atoms with van der Waals surface area (Å²) in [5.41, 5.74) is 0.738. The lowest BCUT2D eigenvalue weighted by molar-refractivity contribution is 0.0593. The summed E-state index contributed by atoms with van der Waals surface area (Å²) < 4.78 is 26.9. The Balaban J connectivity index is 1.58. The van der Waals surface area contributed by atoms with Crippen LogP contribution in [0.2, 0.25) is 5.02 Å². The molecule has 1 atom stereocenters. The zero-order valence-electron chi connectivity index (χ0n) is 13.6. The molecule has 1 unspecified atom stereocenters. The molecule has 0 aromatic heterocycles. The van der Waals surface area contributed by atoms with Crippen LogP contribution in [0.4, 0.5) is 0 Å². The molecule has 2 aromatic rings. The highest BCUT2D eigenvalue weighted by atomic mass is 35.5. The molecule has 0 aliphatic carbocycles. The quantitative estimate of drug-likeness (QED) is 0.754. The van der Waals surface area contributed by atoms with Gasteiger partial charge >= 0.3 is 0 Å². The number of carbonyl (C=O) groups excluding carboxylic acids is 2. The third-order valence-corrected chi connectivity index (χ3v) is 6.85. The van der Waals surface area contributed by atoms with Crippen LogP contribution in [-0.2, 0) is 10.0 Å². The number of nitrogens with zero attached hydrogens (tertiary/aromatic N) is 2. The number of hydrogen-bond acceptors (Lipinski definition) is 4. The van der Waals surface area contributed by atoms with Gasteiger partial charge in [-0.25, -0.2) is 8.42 Å². The Morgan fingerprint density at radius 2 is 1.62 bits per heavy atom. The first-order chi connectivity index (χ1) is 12.4. The van der Waals surface area contributed by atoms with Crippen LogP contribution in [0.25, 0.3) is 0 Å². The number of sulfonamides is 1. The van der Waals surface area contributed by atoms with Crippen molar-refractivity contribution in [3.8, 4) is 0 Å². The predicted octanol–water partition coefficient (Wildman–Crippen LogP) is 2.40. The van der Waals surface area contributed by atoms with E-state index in [4.69, 9.17) is 11.6 Å². The molecule has 2 aliphatic heterocycles. The molecule has 0 bridgehead atoms. The standard InChI is InChI=1S/C18H15ClN2O4S/c19-12-4-3-5-14(10-12)26(24,25)20-9-8-13(11-20)21-17(22)15-6-1-2-7-16(15)18(21)23/h1-7,10,13H,8-9,11H2. The lowest BCUT2D eigenvalue weighted by Gasteiger charge is -2.22. The Morgan fingerprint density at radius 3 is 2.23 bits per heavy atom. The van der Waals surface area contributed by atoms with Crippen LogP contribution >= 0.6 is 11.6 Å². The van der Waals surface area contributed by atoms with Crippen molar-refractivity contribution in [3.05, 3.63) is 64.7 Å². The molecule has 4 rings (SSSR count). The van der Waals surface area contributed by atoms with Gasteiger partial charge in [-0.15, -0.1) is 0 Å². The summed E-state index contributed by atoms with van der Waals surface area (Å²) in [5.74, 6) is -0.727. The zero-order valence-corrected chi connectivity index (χ0v) is 15.2. The van der Waals surface area contributed by atoms with Gasteiger partial charge in [0, 0.05) is 18.1 Å². The normalized spacial score (nSPS) is 20.7. The van der Waals surface area contributed by atoms with Crippen molar-refractivity contribution < 1.29 is 18.0 Å². The molecular formula is C18H15ClN2O4S. The molecule has 2 aromatic carbocycles. The van der Waals surface area contributed by atoms with Crippen molar-refractivity contribution >= 4 is 33.4 Å². The maximum atomic E-state index is 12.8. The van der Waals surface area contributed by atoms with E-state index in [-0.39, 0.29) is 29.8 Å². The average Bonchev–Trinajstić information content (AvgIpc) is 3.20. The lowest BCUT2D eigenvalue weighted by Crippen LogP contribution is -2.42. The van der Waals surface area contributed by atoms with Gasteiger partial charge in [-0.3, -0.25) is 14.5 Å². The minimum Gasteiger partial charge on any atom is -0.270 e. The summed E-state index contributed by atoms with van der Waals surface area (Å²) >= 11 is 5.90. The second-order valence-corrected chi connectivity index (χ2v) is 8.66. The molecule has 0 radical (unpaired) electrons. The van der Waals surface area contributed by atoms with Gasteiger partial charge in [-0.05, 0) is 36.8 Å². The van der Waals surface area contributed by atoms with E-state index in [0.29, 0.717) is 22.6 Å². The summed E-state index contributed by atoms with van der Waals surface area (Å²) in [4.78, 5) is 26.5. The maximum absolute atomic E-state index is 12.8. The summed E-state index contributed by atoms with van der Waals surface area (Å²) in [6.07, 6.45) is 0.408. The van der Waals surface area contributed by atoms with Crippen molar-refractivity contribution in [1.82, 2.24) is 9.21 Å². The molecule has 1 fully saturated rings. The molecule has 1 saturated heterocycles. The molecule has 2 aliphatic rings. The fourth-order valence-electron chi connectivity index (χ4n) is 3.46. The first-order valence-corrected chi connectivity index (χ1v) is 9.94. The van der Waals surface area contributed by atoms with Crippen LogP contribution in [0.3, 0.4) is 0 Å². The SMILES string of the molecule is O=C1c2ccccc2C(=O)N1C1CCN(S(=O)(=O)c2cccc(Cl)c2)C1. The van der Waals surface area contributed by atoms with Gasteiger partial charge in [0.05, 0.1) is 22.1 Å². The number of carbonyl (C=O) groups is 2. The number of fused-ring (bicyclic) bond motifs is 1. The third kappa shape index (κ3) is 2.63. The van der Waals surface area contributed by atoms with Gasteiger partial charge in [0.1, 0.15) is 0 Å². The molecule has 8 heteroatoms. The van der Waals surface area contributed by atoms with E-state index in [1.54, 1.807) is 36.4 Å². The summed E-state index contributed by atoms with van der Waals surface area (Å²) in [6, 6.07) is 12.2. The van der Waals surface area contributed by atoms with Crippen LogP contribution in [0.5, 0.6) is 0 Å². The molecule has 0 spiro atoms. The minimum absolute atomic E-state index is 0.0836. The second kappa shape index (κ2) is 6.19. The second-order valence-electron chi connectivity index (χ2n) is 6.29. The average molecular weight is 391 g/mol. The summed E-state index contributed by atoms with van der Waals surface area (Å²) in [6.45, 7) is 0.327. The van der Waals surface area contributed by atoms with Gasteiger partial charge in [0.15, 0.2) is 0 Å². The Hall–Kier alpha value is -2.22. The number of amides is 2. The Kier molecular flexibility index (Phi) is 4.10. The monoisotopic (exact) mass is 390 g/mol. The fourth-order valence-corrected chi connectivity index (χ4v) is 5.25. The summed E-state index contributed by atoms with van der Waals surface area (Å²) in [7, 11) is -3.73. The van der Waals surface area contributed by atoms with E-state index in [1.807, 2.05) is 0 Å². The number of rotatable bonds is 3. The number of imide groups is 1. The topological polar surface area (TPSA) is 74.8 Å². The van der Waals surface area contributed by atoms with Crippen molar-refractivity contribution in [1.29, 1.82) is 0 Å². The van der Waals surface area contributed by atoms with E-state index in [0.717, 1.165) is 0 Å². The number of benzene rings is 2. The number of hydrogen-bond donors (Lipinski definition) is 0. The highest BCUT2D eigenvalue weighted by molar-refractivity contribution is 7.89. The Bertz CT molecular complexity index is 986. The molecule has 26 heavy (non-hydrogen) atoms. The molecule has 2 heterocycles. The fraction of sp³-hybridized carbons (Fsp3) is 0.222. The van der Waals surface area contributed by atoms with Crippen molar-refractivity contribution in [2.24, 2.45) is 0 Å². The largest absolute Gasteiger partial charge is 0.270 e. The van der Waals surface area contributed by atoms with Crippen molar-refractivity contribution in [2.45, 2.75) is 17.4 Å². The molecule has 0 saturated carbocycles. The predicted molar refractivity (Wildman–Crippen MR) is 95.6 cm³/mol. The molecular weight excluding hydrogens is 376 g/mol. The maximum Gasteiger partial charge on any atom is 0.261 e. The first kappa shape index (κ1) is 17.2. The molecule has 0 N–H and O–H groups in total. The zero-order chi connectivity index (χ0) is 18.5. The van der Waals surface area contributed by atoms with Crippen LogP contribution < -0.4 is 0 Å². The van der Waals surface area contributed by atoms with Crippen LogP contribution in [0, 0.1) is 0 Å². The Labute approximate surface area is 156 Å². The van der Waals surface area contributed by atoms with Gasteiger partial charge in [0.25, 0.3) is 11.8 Å². The van der Waals surface area contributed by atoms with E-state index >= 15 is 0 Å². The molecule has 2 amide bonds. The van der Waals surface area contributed by atoms with E-state index in [2.05, 4.69) is 0 Å². The van der Waals surface area contributed by atoms with Gasteiger partial charge in [0.2, 0.25) is 10.0 Å². The van der Waals surface area contributed by atoms with Gasteiger partial charge < -0.3 is 0 Å². The molecule has 134 valence electrons. The van der Waals surface area contributed by atoms with Gasteiger partial charge in [-0.1, -0.05) is 29.8 Å². The highest BCUT2D eigenvalue weighted by Gasteiger charge is 2.44. The van der Waals surface area contributed by atoms with Gasteiger partial charge in [-0.2, -0.15) is 4.31 Å². The van der Waals surface area contributed by atoms with E-state index < -0.39 is 16.1 Å². The van der Waals surface area contributed by atoms with Crippen molar-refractivity contribution in [3.63, 3.8) is 0 Å². The summed E-state index contributed by atoms with van der Waals surface area (Å²) in [5, 5.41) is 0.335. The first-order valence-electron chi connectivity index (χ1n) is 8.12. The molecule has 6 nitrogen and oxygen atoms in total. The smallest absolute Gasteiger partial charge is 0.261 e. The third-order valence-electron chi connectivity index (χ3n) is 4.75. The van der Waals surface area contributed by atoms with E-state index in [1.165, 1.54) is 21.3 Å². The highest BCUT2D eigenvalue weighted by Crippen LogP contribution is 2.30. The lowest BCUT2D eigenvalue weighted by atomic mass is 10.1. The Morgan fingerprint density at radius 1 is 0.962 bits per heavy atom. The van der Waals surface area contributed by atoms with Crippen molar-refractivity contribution in [2.75, 3.05) is 13.1 Å². The van der Waals surface area contributed by atoms with Crippen LogP contribution in [0.15, 0.2) is 53.4 Å². The van der Waals surface area contributed by atoms with Crippen LogP contribution in [-0.4, -0.2) is 48.6 Å². The van der Waals surface area contributed by atoms with E-state index in [9.17, 15) is 18.0 Å². The van der Waals surface area contributed by atoms with Crippen LogP contribution in [0.1, 0.15) is 27.1 Å². The minimum atomic E-state index is -3.73.